The molecular weight excluding hydrogens is 290 g/mol. The van der Waals surface area contributed by atoms with Crippen molar-refractivity contribution in [3.05, 3.63) is 60.4 Å². The zero-order chi connectivity index (χ0) is 15.6. The van der Waals surface area contributed by atoms with Gasteiger partial charge in [-0.3, -0.25) is 14.2 Å². The number of hydrogen-bond donors (Lipinski definition) is 0. The van der Waals surface area contributed by atoms with Crippen LogP contribution in [0, 0.1) is 5.92 Å². The number of amides is 1. The van der Waals surface area contributed by atoms with Crippen LogP contribution < -0.4 is 0 Å². The zero-order valence-corrected chi connectivity index (χ0v) is 12.7. The van der Waals surface area contributed by atoms with Gasteiger partial charge in [-0.1, -0.05) is 6.07 Å². The first kappa shape index (κ1) is 13.9. The standard InChI is InChI=1S/C17H17N5O/c23-16(15-12-22-7-2-6-19-17(22)20-15)21-8-4-14(11-21)9-13-3-1-5-18-10-13/h1-3,5-7,10,12,14H,4,8-9,11H2. The number of aromatic nitrogens is 4. The lowest BCUT2D eigenvalue weighted by atomic mass is 10.0. The Bertz CT molecular complexity index is 796. The van der Waals surface area contributed by atoms with Crippen LogP contribution in [0.4, 0.5) is 0 Å². The SMILES string of the molecule is O=C(c1cn2cccnc2n1)N1CCC(Cc2cccnc2)C1. The highest BCUT2D eigenvalue weighted by atomic mass is 16.2. The maximum Gasteiger partial charge on any atom is 0.274 e. The van der Waals surface area contributed by atoms with E-state index in [9.17, 15) is 4.79 Å². The van der Waals surface area contributed by atoms with Crippen LogP contribution in [-0.4, -0.2) is 43.2 Å². The van der Waals surface area contributed by atoms with Crippen LogP contribution in [0.3, 0.4) is 0 Å². The van der Waals surface area contributed by atoms with Gasteiger partial charge in [-0.05, 0) is 36.5 Å². The number of rotatable bonds is 3. The molecule has 0 saturated carbocycles. The Hall–Kier alpha value is -2.76. The lowest BCUT2D eigenvalue weighted by molar-refractivity contribution is 0.0782. The van der Waals surface area contributed by atoms with Gasteiger partial charge in [-0.2, -0.15) is 0 Å². The molecule has 3 aromatic rings. The molecule has 1 unspecified atom stereocenters. The quantitative estimate of drug-likeness (QED) is 0.740. The van der Waals surface area contributed by atoms with Crippen LogP contribution in [0.2, 0.25) is 0 Å². The third-order valence-electron chi connectivity index (χ3n) is 4.27. The second-order valence-electron chi connectivity index (χ2n) is 5.92. The second kappa shape index (κ2) is 5.79. The predicted octanol–water partition coefficient (Wildman–Crippen LogP) is 1.83. The molecule has 6 nitrogen and oxygen atoms in total. The van der Waals surface area contributed by atoms with Gasteiger partial charge in [0.2, 0.25) is 5.78 Å². The highest BCUT2D eigenvalue weighted by Gasteiger charge is 2.28. The maximum atomic E-state index is 12.6. The van der Waals surface area contributed by atoms with E-state index < -0.39 is 0 Å². The number of carbonyl (C=O) groups excluding carboxylic acids is 1. The molecule has 1 aliphatic heterocycles. The lowest BCUT2D eigenvalue weighted by Gasteiger charge is -2.15. The average Bonchev–Trinajstić information content (AvgIpc) is 3.21. The minimum atomic E-state index is -0.0100. The van der Waals surface area contributed by atoms with E-state index >= 15 is 0 Å². The summed E-state index contributed by atoms with van der Waals surface area (Å²) in [6, 6.07) is 5.87. The van der Waals surface area contributed by atoms with E-state index in [0.717, 1.165) is 25.9 Å². The van der Waals surface area contributed by atoms with Crippen LogP contribution in [0.25, 0.3) is 5.78 Å². The van der Waals surface area contributed by atoms with Crippen molar-refractivity contribution >= 4 is 11.7 Å². The number of imidazole rings is 1. The van der Waals surface area contributed by atoms with Gasteiger partial charge in [0.1, 0.15) is 5.69 Å². The predicted molar refractivity (Wildman–Crippen MR) is 84.9 cm³/mol. The monoisotopic (exact) mass is 307 g/mol. The molecule has 0 spiro atoms. The normalized spacial score (nSPS) is 17.7. The van der Waals surface area contributed by atoms with Crippen molar-refractivity contribution in [3.8, 4) is 0 Å². The molecule has 6 heteroatoms. The number of pyridine rings is 1. The third-order valence-corrected chi connectivity index (χ3v) is 4.27. The van der Waals surface area contributed by atoms with Gasteiger partial charge in [-0.25, -0.2) is 9.97 Å². The smallest absolute Gasteiger partial charge is 0.274 e. The highest BCUT2D eigenvalue weighted by molar-refractivity contribution is 5.93. The number of likely N-dealkylation sites (tertiary alicyclic amines) is 1. The molecule has 1 saturated heterocycles. The zero-order valence-electron chi connectivity index (χ0n) is 12.7. The molecule has 4 rings (SSSR count). The first-order valence-electron chi connectivity index (χ1n) is 7.77. The topological polar surface area (TPSA) is 63.4 Å². The Morgan fingerprint density at radius 3 is 3.09 bits per heavy atom. The van der Waals surface area contributed by atoms with Gasteiger partial charge < -0.3 is 4.90 Å². The summed E-state index contributed by atoms with van der Waals surface area (Å²) < 4.78 is 1.77. The Morgan fingerprint density at radius 1 is 1.30 bits per heavy atom. The van der Waals surface area contributed by atoms with Crippen molar-refractivity contribution < 1.29 is 4.79 Å². The van der Waals surface area contributed by atoms with E-state index in [1.807, 2.05) is 29.4 Å². The fourth-order valence-corrected chi connectivity index (χ4v) is 3.13. The van der Waals surface area contributed by atoms with Crippen LogP contribution in [0.1, 0.15) is 22.5 Å². The highest BCUT2D eigenvalue weighted by Crippen LogP contribution is 2.22. The fourth-order valence-electron chi connectivity index (χ4n) is 3.13. The molecule has 3 aromatic heterocycles. The van der Waals surface area contributed by atoms with E-state index in [1.54, 1.807) is 23.0 Å². The second-order valence-corrected chi connectivity index (χ2v) is 5.92. The fraction of sp³-hybridized carbons (Fsp3) is 0.294. The van der Waals surface area contributed by atoms with Gasteiger partial charge in [0.15, 0.2) is 0 Å². The number of carbonyl (C=O) groups is 1. The molecule has 0 N–H and O–H groups in total. The molecule has 4 heterocycles. The minimum Gasteiger partial charge on any atom is -0.337 e. The summed E-state index contributed by atoms with van der Waals surface area (Å²) in [6.45, 7) is 1.56. The Kier molecular flexibility index (Phi) is 3.49. The molecule has 0 aliphatic carbocycles. The van der Waals surface area contributed by atoms with Crippen LogP contribution in [0.15, 0.2) is 49.2 Å². The van der Waals surface area contributed by atoms with Gasteiger partial charge in [0, 0.05) is 44.1 Å². The molecule has 0 radical (unpaired) electrons. The van der Waals surface area contributed by atoms with Crippen molar-refractivity contribution in [2.45, 2.75) is 12.8 Å². The maximum absolute atomic E-state index is 12.6. The van der Waals surface area contributed by atoms with E-state index in [0.29, 0.717) is 17.4 Å². The first-order valence-corrected chi connectivity index (χ1v) is 7.77. The van der Waals surface area contributed by atoms with E-state index in [1.165, 1.54) is 5.56 Å². The molecule has 1 aliphatic rings. The third kappa shape index (κ3) is 2.79. The van der Waals surface area contributed by atoms with Crippen molar-refractivity contribution in [2.24, 2.45) is 5.92 Å². The molecule has 1 fully saturated rings. The molecule has 1 atom stereocenters. The Morgan fingerprint density at radius 2 is 2.26 bits per heavy atom. The number of hydrogen-bond acceptors (Lipinski definition) is 4. The summed E-state index contributed by atoms with van der Waals surface area (Å²) in [4.78, 5) is 27.1. The molecule has 116 valence electrons. The van der Waals surface area contributed by atoms with Gasteiger partial charge in [0.05, 0.1) is 0 Å². The average molecular weight is 307 g/mol. The van der Waals surface area contributed by atoms with Gasteiger partial charge in [0.25, 0.3) is 5.91 Å². The Labute approximate surface area is 133 Å². The van der Waals surface area contributed by atoms with Crippen molar-refractivity contribution in [1.82, 2.24) is 24.3 Å². The summed E-state index contributed by atoms with van der Waals surface area (Å²) in [5.74, 6) is 1.03. The van der Waals surface area contributed by atoms with Crippen LogP contribution in [0.5, 0.6) is 0 Å². The summed E-state index contributed by atoms with van der Waals surface area (Å²) in [6.07, 6.45) is 10.9. The first-order chi connectivity index (χ1) is 11.3. The van der Waals surface area contributed by atoms with Crippen molar-refractivity contribution in [3.63, 3.8) is 0 Å². The molecular formula is C17H17N5O. The van der Waals surface area contributed by atoms with Gasteiger partial charge >= 0.3 is 0 Å². The summed E-state index contributed by atoms with van der Waals surface area (Å²) in [5, 5.41) is 0. The number of fused-ring (bicyclic) bond motifs is 1. The van der Waals surface area contributed by atoms with Crippen molar-refractivity contribution in [2.75, 3.05) is 13.1 Å². The lowest BCUT2D eigenvalue weighted by Crippen LogP contribution is -2.29. The van der Waals surface area contributed by atoms with E-state index in [4.69, 9.17) is 0 Å². The minimum absolute atomic E-state index is 0.0100. The van der Waals surface area contributed by atoms with Crippen LogP contribution >= 0.6 is 0 Å². The largest absolute Gasteiger partial charge is 0.337 e. The van der Waals surface area contributed by atoms with Crippen LogP contribution in [-0.2, 0) is 6.42 Å². The molecule has 23 heavy (non-hydrogen) atoms. The molecule has 1 amide bonds. The van der Waals surface area contributed by atoms with E-state index in [-0.39, 0.29) is 5.91 Å². The Balaban J connectivity index is 1.45. The molecule has 0 aromatic carbocycles. The number of nitrogens with zero attached hydrogens (tertiary/aromatic N) is 5. The van der Waals surface area contributed by atoms with Gasteiger partial charge in [-0.15, -0.1) is 0 Å². The van der Waals surface area contributed by atoms with E-state index in [2.05, 4.69) is 21.0 Å². The summed E-state index contributed by atoms with van der Waals surface area (Å²) in [7, 11) is 0. The summed E-state index contributed by atoms with van der Waals surface area (Å²) in [5.41, 5.74) is 1.69. The summed E-state index contributed by atoms with van der Waals surface area (Å²) >= 11 is 0. The molecule has 0 bridgehead atoms. The van der Waals surface area contributed by atoms with Crippen molar-refractivity contribution in [1.29, 1.82) is 0 Å².